The summed E-state index contributed by atoms with van der Waals surface area (Å²) >= 11 is 0. The van der Waals surface area contributed by atoms with E-state index in [4.69, 9.17) is 5.11 Å². The van der Waals surface area contributed by atoms with Crippen molar-refractivity contribution >= 4 is 5.91 Å². The van der Waals surface area contributed by atoms with Gasteiger partial charge in [-0.15, -0.1) is 0 Å². The lowest BCUT2D eigenvalue weighted by atomic mass is 9.96. The van der Waals surface area contributed by atoms with Crippen LogP contribution in [-0.2, 0) is 24.3 Å². The molecule has 28 heavy (non-hydrogen) atoms. The van der Waals surface area contributed by atoms with Crippen molar-refractivity contribution in [3.63, 3.8) is 0 Å². The highest BCUT2D eigenvalue weighted by Crippen LogP contribution is 2.21. The van der Waals surface area contributed by atoms with Gasteiger partial charge in [-0.3, -0.25) is 19.4 Å². The van der Waals surface area contributed by atoms with Gasteiger partial charge in [0.05, 0.1) is 25.3 Å². The molecule has 0 saturated carbocycles. The zero-order valence-corrected chi connectivity index (χ0v) is 16.9. The van der Waals surface area contributed by atoms with Crippen LogP contribution in [0.2, 0.25) is 0 Å². The summed E-state index contributed by atoms with van der Waals surface area (Å²) in [5.41, 5.74) is 4.42. The second kappa shape index (κ2) is 9.80. The van der Waals surface area contributed by atoms with Gasteiger partial charge >= 0.3 is 0 Å². The molecular weight excluding hydrogens is 354 g/mol. The zero-order chi connectivity index (χ0) is 19.9. The number of piperidine rings is 1. The Morgan fingerprint density at radius 2 is 2.11 bits per heavy atom. The maximum Gasteiger partial charge on any atom is 0.224 e. The van der Waals surface area contributed by atoms with Crippen LogP contribution in [0.5, 0.6) is 0 Å². The molecule has 0 bridgehead atoms. The van der Waals surface area contributed by atoms with E-state index >= 15 is 0 Å². The number of amides is 1. The number of aliphatic hydroxyl groups excluding tert-OH is 1. The predicted molar refractivity (Wildman–Crippen MR) is 108 cm³/mol. The van der Waals surface area contributed by atoms with Crippen LogP contribution in [0, 0.1) is 19.8 Å². The summed E-state index contributed by atoms with van der Waals surface area (Å²) in [7, 11) is 0. The first-order valence-electron chi connectivity index (χ1n) is 10.1. The third-order valence-electron chi connectivity index (χ3n) is 5.61. The Labute approximate surface area is 166 Å². The smallest absolute Gasteiger partial charge is 0.224 e. The molecule has 3 rings (SSSR count). The molecule has 0 spiro atoms. The molecular formula is C21H31N5O2. The topological polar surface area (TPSA) is 83.3 Å². The minimum atomic E-state index is 0.0676. The van der Waals surface area contributed by atoms with Crippen molar-refractivity contribution in [2.45, 2.75) is 46.2 Å². The molecule has 152 valence electrons. The number of likely N-dealkylation sites (tertiary alicyclic amines) is 1. The number of aryl methyl sites for hydroxylation is 1. The monoisotopic (exact) mass is 385 g/mol. The predicted octanol–water partition coefficient (Wildman–Crippen LogP) is 1.46. The molecule has 0 atom stereocenters. The van der Waals surface area contributed by atoms with E-state index in [0.29, 0.717) is 18.9 Å². The molecule has 0 unspecified atom stereocenters. The number of hydrogen-bond acceptors (Lipinski definition) is 5. The van der Waals surface area contributed by atoms with E-state index in [2.05, 4.69) is 27.2 Å². The first-order valence-corrected chi connectivity index (χ1v) is 10.1. The highest BCUT2D eigenvalue weighted by molar-refractivity contribution is 5.78. The van der Waals surface area contributed by atoms with Gasteiger partial charge in [-0.05, 0) is 57.3 Å². The number of hydrogen-bond donors (Lipinski definition) is 2. The summed E-state index contributed by atoms with van der Waals surface area (Å²) in [5.74, 6) is 0.603. The Morgan fingerprint density at radius 1 is 1.32 bits per heavy atom. The second-order valence-electron chi connectivity index (χ2n) is 7.66. The van der Waals surface area contributed by atoms with Crippen LogP contribution in [-0.4, -0.2) is 56.9 Å². The van der Waals surface area contributed by atoms with Gasteiger partial charge in [-0.25, -0.2) is 0 Å². The van der Waals surface area contributed by atoms with E-state index in [1.165, 1.54) is 5.56 Å². The highest BCUT2D eigenvalue weighted by Gasteiger charge is 2.22. The fraction of sp³-hybridized carbons (Fsp3) is 0.571. The van der Waals surface area contributed by atoms with Crippen molar-refractivity contribution in [1.29, 1.82) is 0 Å². The van der Waals surface area contributed by atoms with E-state index in [-0.39, 0.29) is 12.5 Å². The first-order chi connectivity index (χ1) is 13.6. The van der Waals surface area contributed by atoms with Crippen molar-refractivity contribution in [2.75, 3.05) is 26.2 Å². The summed E-state index contributed by atoms with van der Waals surface area (Å²) in [6.07, 6.45) is 6.04. The largest absolute Gasteiger partial charge is 0.394 e. The van der Waals surface area contributed by atoms with E-state index in [1.54, 1.807) is 12.4 Å². The number of carbonyl (C=O) groups excluding carboxylic acids is 1. The van der Waals surface area contributed by atoms with Gasteiger partial charge in [0, 0.05) is 36.7 Å². The molecule has 1 fully saturated rings. The van der Waals surface area contributed by atoms with Gasteiger partial charge in [-0.1, -0.05) is 6.07 Å². The molecule has 1 saturated heterocycles. The second-order valence-corrected chi connectivity index (χ2v) is 7.66. The lowest BCUT2D eigenvalue weighted by Gasteiger charge is -2.32. The third kappa shape index (κ3) is 5.39. The molecule has 0 aromatic carbocycles. The van der Waals surface area contributed by atoms with Gasteiger partial charge in [0.1, 0.15) is 0 Å². The minimum absolute atomic E-state index is 0.0676. The Hall–Kier alpha value is -2.25. The van der Waals surface area contributed by atoms with Crippen molar-refractivity contribution in [3.05, 3.63) is 47.0 Å². The fourth-order valence-corrected chi connectivity index (χ4v) is 3.86. The number of nitrogens with zero attached hydrogens (tertiary/aromatic N) is 4. The average Bonchev–Trinajstić information content (AvgIpc) is 2.96. The van der Waals surface area contributed by atoms with E-state index in [0.717, 1.165) is 56.0 Å². The summed E-state index contributed by atoms with van der Waals surface area (Å²) in [6, 6.07) is 3.78. The molecule has 7 nitrogen and oxygen atoms in total. The molecule has 0 radical (unpaired) electrons. The number of pyridine rings is 1. The van der Waals surface area contributed by atoms with Gasteiger partial charge in [-0.2, -0.15) is 5.10 Å². The van der Waals surface area contributed by atoms with E-state index in [9.17, 15) is 4.79 Å². The maximum atomic E-state index is 12.1. The van der Waals surface area contributed by atoms with Crippen LogP contribution in [0.3, 0.4) is 0 Å². The third-order valence-corrected chi connectivity index (χ3v) is 5.61. The summed E-state index contributed by atoms with van der Waals surface area (Å²) in [4.78, 5) is 18.6. The Kier molecular flexibility index (Phi) is 7.17. The van der Waals surface area contributed by atoms with Crippen LogP contribution >= 0.6 is 0 Å². The number of nitrogens with one attached hydrogen (secondary N) is 1. The minimum Gasteiger partial charge on any atom is -0.394 e. The Balaban J connectivity index is 1.42. The van der Waals surface area contributed by atoms with Crippen molar-refractivity contribution < 1.29 is 9.90 Å². The van der Waals surface area contributed by atoms with Crippen molar-refractivity contribution in [1.82, 2.24) is 25.0 Å². The van der Waals surface area contributed by atoms with Crippen LogP contribution in [0.4, 0.5) is 0 Å². The normalized spacial score (nSPS) is 15.7. The highest BCUT2D eigenvalue weighted by atomic mass is 16.3. The maximum absolute atomic E-state index is 12.1. The summed E-state index contributed by atoms with van der Waals surface area (Å²) < 4.78 is 1.90. The molecule has 1 amide bonds. The van der Waals surface area contributed by atoms with Crippen LogP contribution in [0.25, 0.3) is 0 Å². The molecule has 2 aromatic rings. The Bertz CT molecular complexity index is 767. The fourth-order valence-electron chi connectivity index (χ4n) is 3.86. The van der Waals surface area contributed by atoms with Crippen molar-refractivity contribution in [3.8, 4) is 0 Å². The number of aliphatic hydroxyl groups is 1. The van der Waals surface area contributed by atoms with Gasteiger partial charge < -0.3 is 10.4 Å². The van der Waals surface area contributed by atoms with Gasteiger partial charge in [0.2, 0.25) is 5.91 Å². The molecule has 0 aliphatic carbocycles. The first kappa shape index (κ1) is 20.5. The molecule has 2 N–H and O–H groups in total. The van der Waals surface area contributed by atoms with Gasteiger partial charge in [0.25, 0.3) is 0 Å². The van der Waals surface area contributed by atoms with Crippen LogP contribution in [0.1, 0.15) is 35.4 Å². The number of rotatable bonds is 8. The Morgan fingerprint density at radius 3 is 2.79 bits per heavy atom. The number of aromatic nitrogens is 3. The van der Waals surface area contributed by atoms with E-state index in [1.807, 2.05) is 23.7 Å². The molecule has 1 aliphatic heterocycles. The van der Waals surface area contributed by atoms with Crippen molar-refractivity contribution in [2.24, 2.45) is 5.92 Å². The van der Waals surface area contributed by atoms with Crippen LogP contribution in [0.15, 0.2) is 24.5 Å². The summed E-state index contributed by atoms with van der Waals surface area (Å²) in [5, 5.41) is 16.8. The SMILES string of the molecule is Cc1nn(CCO)c(C)c1CN1CCC(CNC(=O)Cc2cccnc2)CC1. The van der Waals surface area contributed by atoms with Crippen LogP contribution < -0.4 is 5.32 Å². The summed E-state index contributed by atoms with van der Waals surface area (Å²) in [6.45, 7) is 8.51. The van der Waals surface area contributed by atoms with Gasteiger partial charge in [0.15, 0.2) is 0 Å². The lowest BCUT2D eigenvalue weighted by Crippen LogP contribution is -2.38. The standard InChI is InChI=1S/C21H31N5O2/c1-16-20(17(2)26(24-16)10-11-27)15-25-8-5-18(6-9-25)14-23-21(28)12-19-4-3-7-22-13-19/h3-4,7,13,18,27H,5-6,8-12,14-15H2,1-2H3,(H,23,28). The molecule has 1 aliphatic rings. The zero-order valence-electron chi connectivity index (χ0n) is 16.9. The lowest BCUT2D eigenvalue weighted by molar-refractivity contribution is -0.120. The van der Waals surface area contributed by atoms with E-state index < -0.39 is 0 Å². The molecule has 3 heterocycles. The molecule has 7 heteroatoms. The quantitative estimate of drug-likeness (QED) is 0.719. The molecule has 2 aromatic heterocycles. The number of carbonyl (C=O) groups is 1. The average molecular weight is 386 g/mol.